The van der Waals surface area contributed by atoms with Crippen LogP contribution in [0.1, 0.15) is 19.8 Å². The van der Waals surface area contributed by atoms with Gasteiger partial charge in [-0.15, -0.1) is 0 Å². The maximum absolute atomic E-state index is 6.18. The van der Waals surface area contributed by atoms with Crippen molar-refractivity contribution in [2.75, 3.05) is 23.3 Å². The standard InChI is InChI=1S/C16H18Cl2N4/c1-11-3-2-6-22(9-11)16-8-15(19-10-20-16)21-14-7-12(17)4-5-13(14)18/h4-5,7-8,10-11H,2-3,6,9H2,1H3,(H,19,20,21). The van der Waals surface area contributed by atoms with E-state index in [1.54, 1.807) is 24.5 Å². The molecule has 1 unspecified atom stereocenters. The maximum Gasteiger partial charge on any atom is 0.135 e. The zero-order chi connectivity index (χ0) is 15.5. The lowest BCUT2D eigenvalue weighted by Gasteiger charge is -2.31. The average Bonchev–Trinajstić information content (AvgIpc) is 2.51. The molecule has 1 atom stereocenters. The van der Waals surface area contributed by atoms with Gasteiger partial charge in [0.05, 0.1) is 10.7 Å². The van der Waals surface area contributed by atoms with Crippen molar-refractivity contribution in [2.24, 2.45) is 5.92 Å². The normalized spacial score (nSPS) is 18.3. The van der Waals surface area contributed by atoms with E-state index in [1.807, 2.05) is 6.07 Å². The Morgan fingerprint density at radius 2 is 2.09 bits per heavy atom. The molecule has 3 rings (SSSR count). The van der Waals surface area contributed by atoms with Crippen LogP contribution < -0.4 is 10.2 Å². The smallest absolute Gasteiger partial charge is 0.135 e. The Bertz CT molecular complexity index is 662. The Balaban J connectivity index is 1.80. The zero-order valence-electron chi connectivity index (χ0n) is 12.4. The van der Waals surface area contributed by atoms with E-state index in [0.717, 1.165) is 24.6 Å². The van der Waals surface area contributed by atoms with Crippen LogP contribution in [-0.4, -0.2) is 23.1 Å². The van der Waals surface area contributed by atoms with Crippen LogP contribution in [0.5, 0.6) is 0 Å². The van der Waals surface area contributed by atoms with Crippen LogP contribution in [0.4, 0.5) is 17.3 Å². The minimum atomic E-state index is 0.608. The lowest BCUT2D eigenvalue weighted by atomic mass is 10.0. The number of nitrogens with zero attached hydrogens (tertiary/aromatic N) is 3. The Hall–Kier alpha value is -1.52. The van der Waals surface area contributed by atoms with Crippen LogP contribution >= 0.6 is 23.2 Å². The molecule has 0 spiro atoms. The van der Waals surface area contributed by atoms with Crippen LogP contribution in [0.3, 0.4) is 0 Å². The third-order valence-corrected chi connectivity index (χ3v) is 4.39. The summed E-state index contributed by atoms with van der Waals surface area (Å²) in [5, 5.41) is 4.45. The van der Waals surface area contributed by atoms with E-state index in [9.17, 15) is 0 Å². The quantitative estimate of drug-likeness (QED) is 0.876. The molecule has 1 aromatic heterocycles. The van der Waals surface area contributed by atoms with E-state index >= 15 is 0 Å². The van der Waals surface area contributed by atoms with Gasteiger partial charge in [0.2, 0.25) is 0 Å². The summed E-state index contributed by atoms with van der Waals surface area (Å²) < 4.78 is 0. The van der Waals surface area contributed by atoms with Crippen molar-refractivity contribution in [1.82, 2.24) is 9.97 Å². The molecule has 4 nitrogen and oxygen atoms in total. The third kappa shape index (κ3) is 3.62. The van der Waals surface area contributed by atoms with Gasteiger partial charge in [-0.2, -0.15) is 0 Å². The second-order valence-corrected chi connectivity index (χ2v) is 6.55. The van der Waals surface area contributed by atoms with E-state index in [-0.39, 0.29) is 0 Å². The molecule has 1 aliphatic rings. The van der Waals surface area contributed by atoms with Crippen LogP contribution in [0.25, 0.3) is 0 Å². The summed E-state index contributed by atoms with van der Waals surface area (Å²) in [6.45, 7) is 4.35. The fourth-order valence-electron chi connectivity index (χ4n) is 2.72. The molecule has 1 saturated heterocycles. The van der Waals surface area contributed by atoms with Crippen molar-refractivity contribution in [2.45, 2.75) is 19.8 Å². The highest BCUT2D eigenvalue weighted by Crippen LogP contribution is 2.29. The first-order chi connectivity index (χ1) is 10.6. The van der Waals surface area contributed by atoms with E-state index in [1.165, 1.54) is 12.8 Å². The fraction of sp³-hybridized carbons (Fsp3) is 0.375. The molecule has 116 valence electrons. The first kappa shape index (κ1) is 15.4. The maximum atomic E-state index is 6.18. The molecule has 6 heteroatoms. The largest absolute Gasteiger partial charge is 0.356 e. The van der Waals surface area contributed by atoms with E-state index in [4.69, 9.17) is 23.2 Å². The number of nitrogens with one attached hydrogen (secondary N) is 1. The Morgan fingerprint density at radius 3 is 2.91 bits per heavy atom. The van der Waals surface area contributed by atoms with Gasteiger partial charge < -0.3 is 10.2 Å². The number of piperidine rings is 1. The van der Waals surface area contributed by atoms with Crippen molar-refractivity contribution in [3.8, 4) is 0 Å². The molecule has 2 heterocycles. The molecule has 1 N–H and O–H groups in total. The summed E-state index contributed by atoms with van der Waals surface area (Å²) in [5.74, 6) is 2.36. The van der Waals surface area contributed by atoms with Gasteiger partial charge in [-0.1, -0.05) is 30.1 Å². The van der Waals surface area contributed by atoms with Gasteiger partial charge in [0.1, 0.15) is 18.0 Å². The highest BCUT2D eigenvalue weighted by molar-refractivity contribution is 6.35. The van der Waals surface area contributed by atoms with Crippen LogP contribution in [0.2, 0.25) is 10.0 Å². The van der Waals surface area contributed by atoms with Gasteiger partial charge in [0, 0.05) is 24.2 Å². The molecule has 1 aliphatic heterocycles. The molecular weight excluding hydrogens is 319 g/mol. The topological polar surface area (TPSA) is 41.0 Å². The van der Waals surface area contributed by atoms with Gasteiger partial charge in [0.15, 0.2) is 0 Å². The lowest BCUT2D eigenvalue weighted by molar-refractivity contribution is 0.444. The Morgan fingerprint density at radius 1 is 1.23 bits per heavy atom. The second kappa shape index (κ2) is 6.71. The predicted molar refractivity (Wildman–Crippen MR) is 92.4 cm³/mol. The summed E-state index contributed by atoms with van der Waals surface area (Å²) >= 11 is 12.2. The number of hydrogen-bond donors (Lipinski definition) is 1. The Labute approximate surface area is 140 Å². The highest BCUT2D eigenvalue weighted by Gasteiger charge is 2.18. The summed E-state index contributed by atoms with van der Waals surface area (Å²) in [7, 11) is 0. The highest BCUT2D eigenvalue weighted by atomic mass is 35.5. The molecular formula is C16H18Cl2N4. The molecule has 1 aromatic carbocycles. The summed E-state index contributed by atoms with van der Waals surface area (Å²) in [6, 6.07) is 7.26. The van der Waals surface area contributed by atoms with Gasteiger partial charge in [0.25, 0.3) is 0 Å². The molecule has 0 radical (unpaired) electrons. The fourth-order valence-corrected chi connectivity index (χ4v) is 3.05. The number of hydrogen-bond acceptors (Lipinski definition) is 4. The monoisotopic (exact) mass is 336 g/mol. The van der Waals surface area contributed by atoms with Crippen molar-refractivity contribution in [3.05, 3.63) is 40.6 Å². The van der Waals surface area contributed by atoms with Crippen molar-refractivity contribution in [1.29, 1.82) is 0 Å². The molecule has 0 saturated carbocycles. The SMILES string of the molecule is CC1CCCN(c2cc(Nc3cc(Cl)ccc3Cl)ncn2)C1. The van der Waals surface area contributed by atoms with Gasteiger partial charge in [-0.05, 0) is 37.0 Å². The average molecular weight is 337 g/mol. The first-order valence-corrected chi connectivity index (χ1v) is 8.16. The summed E-state index contributed by atoms with van der Waals surface area (Å²) in [4.78, 5) is 11.0. The summed E-state index contributed by atoms with van der Waals surface area (Å²) in [5.41, 5.74) is 0.742. The molecule has 1 fully saturated rings. The zero-order valence-corrected chi connectivity index (χ0v) is 13.9. The number of halogens is 2. The molecule has 0 aliphatic carbocycles. The Kier molecular flexibility index (Phi) is 4.69. The molecule has 0 amide bonds. The van der Waals surface area contributed by atoms with Gasteiger partial charge in [-0.25, -0.2) is 9.97 Å². The van der Waals surface area contributed by atoms with E-state index in [2.05, 4.69) is 27.1 Å². The minimum Gasteiger partial charge on any atom is -0.356 e. The number of aromatic nitrogens is 2. The minimum absolute atomic E-state index is 0.608. The van der Waals surface area contributed by atoms with E-state index < -0.39 is 0 Å². The number of rotatable bonds is 3. The van der Waals surface area contributed by atoms with Gasteiger partial charge in [-0.3, -0.25) is 0 Å². The lowest BCUT2D eigenvalue weighted by Crippen LogP contribution is -2.34. The number of anilines is 3. The molecule has 2 aromatic rings. The summed E-state index contributed by atoms with van der Waals surface area (Å²) in [6.07, 6.45) is 4.06. The van der Waals surface area contributed by atoms with Crippen LogP contribution in [-0.2, 0) is 0 Å². The molecule has 0 bridgehead atoms. The van der Waals surface area contributed by atoms with Crippen molar-refractivity contribution < 1.29 is 0 Å². The van der Waals surface area contributed by atoms with Crippen LogP contribution in [0.15, 0.2) is 30.6 Å². The third-order valence-electron chi connectivity index (χ3n) is 3.82. The van der Waals surface area contributed by atoms with Crippen LogP contribution in [0, 0.1) is 5.92 Å². The van der Waals surface area contributed by atoms with Crippen molar-refractivity contribution >= 4 is 40.5 Å². The van der Waals surface area contributed by atoms with Crippen molar-refractivity contribution in [3.63, 3.8) is 0 Å². The second-order valence-electron chi connectivity index (χ2n) is 5.70. The van der Waals surface area contributed by atoms with E-state index in [0.29, 0.717) is 21.8 Å². The molecule has 22 heavy (non-hydrogen) atoms. The van der Waals surface area contributed by atoms with Gasteiger partial charge >= 0.3 is 0 Å². The number of benzene rings is 1. The predicted octanol–water partition coefficient (Wildman–Crippen LogP) is 4.76. The first-order valence-electron chi connectivity index (χ1n) is 7.41.